The molecule has 0 saturated heterocycles. The molecule has 0 fully saturated rings. The molecule has 2 N–H and O–H groups in total. The van der Waals surface area contributed by atoms with E-state index in [0.29, 0.717) is 12.3 Å². The van der Waals surface area contributed by atoms with Crippen molar-refractivity contribution < 1.29 is 14.6 Å². The number of nitrogens with one attached hydrogen (secondary N) is 1. The molecule has 0 aliphatic carbocycles. The highest BCUT2D eigenvalue weighted by Gasteiger charge is 2.03. The van der Waals surface area contributed by atoms with Crippen molar-refractivity contribution in [3.8, 4) is 17.2 Å². The van der Waals surface area contributed by atoms with Gasteiger partial charge in [0.05, 0.1) is 14.2 Å². The number of aryl methyl sites for hydroxylation is 1. The number of methoxy groups -OCH3 is 2. The van der Waals surface area contributed by atoms with Gasteiger partial charge in [0, 0.05) is 24.4 Å². The van der Waals surface area contributed by atoms with E-state index < -0.39 is 0 Å². The van der Waals surface area contributed by atoms with Crippen molar-refractivity contribution in [3.05, 3.63) is 47.5 Å². The zero-order chi connectivity index (χ0) is 14.5. The Morgan fingerprint density at radius 3 is 2.20 bits per heavy atom. The number of anilines is 1. The molecule has 0 saturated carbocycles. The van der Waals surface area contributed by atoms with Gasteiger partial charge in [-0.1, -0.05) is 6.07 Å². The smallest absolute Gasteiger partial charge is 0.122 e. The molecule has 2 aromatic carbocycles. The Balaban J connectivity index is 2.11. The number of phenolic OH excluding ortho intramolecular Hbond substituents is 1. The lowest BCUT2D eigenvalue weighted by atomic mass is 10.1. The highest BCUT2D eigenvalue weighted by Crippen LogP contribution is 2.24. The average molecular weight is 273 g/mol. The molecular formula is C16H19NO3. The molecule has 0 bridgehead atoms. The summed E-state index contributed by atoms with van der Waals surface area (Å²) in [4.78, 5) is 0. The molecule has 0 amide bonds. The van der Waals surface area contributed by atoms with Crippen LogP contribution in [0.1, 0.15) is 11.1 Å². The maximum Gasteiger partial charge on any atom is 0.122 e. The van der Waals surface area contributed by atoms with Crippen LogP contribution in [0.5, 0.6) is 17.2 Å². The van der Waals surface area contributed by atoms with E-state index in [2.05, 4.69) is 5.32 Å². The standard InChI is InChI=1S/C16H19NO3/c1-11-4-5-13(8-16(11)18)17-10-12-6-14(19-2)9-15(7-12)20-3/h4-9,17-18H,10H2,1-3H3. The summed E-state index contributed by atoms with van der Waals surface area (Å²) in [7, 11) is 3.26. The molecular weight excluding hydrogens is 254 g/mol. The van der Waals surface area contributed by atoms with Gasteiger partial charge in [-0.05, 0) is 36.2 Å². The SMILES string of the molecule is COc1cc(CNc2ccc(C)c(O)c2)cc(OC)c1. The number of aromatic hydroxyl groups is 1. The van der Waals surface area contributed by atoms with Crippen molar-refractivity contribution >= 4 is 5.69 Å². The molecule has 0 radical (unpaired) electrons. The van der Waals surface area contributed by atoms with Crippen LogP contribution in [-0.4, -0.2) is 19.3 Å². The first-order valence-electron chi connectivity index (χ1n) is 6.38. The van der Waals surface area contributed by atoms with E-state index in [1.54, 1.807) is 20.3 Å². The number of hydrogen-bond acceptors (Lipinski definition) is 4. The van der Waals surface area contributed by atoms with Crippen LogP contribution in [0.3, 0.4) is 0 Å². The Kier molecular flexibility index (Phi) is 4.35. The fourth-order valence-electron chi connectivity index (χ4n) is 1.89. The predicted octanol–water partition coefficient (Wildman–Crippen LogP) is 3.33. The highest BCUT2D eigenvalue weighted by molar-refractivity contribution is 5.51. The summed E-state index contributed by atoms with van der Waals surface area (Å²) in [5.74, 6) is 1.80. The van der Waals surface area contributed by atoms with Crippen LogP contribution < -0.4 is 14.8 Å². The van der Waals surface area contributed by atoms with Crippen molar-refractivity contribution in [2.45, 2.75) is 13.5 Å². The first-order chi connectivity index (χ1) is 9.62. The molecule has 0 aliphatic heterocycles. The molecule has 0 heterocycles. The van der Waals surface area contributed by atoms with Gasteiger partial charge >= 0.3 is 0 Å². The van der Waals surface area contributed by atoms with Gasteiger partial charge in [-0.25, -0.2) is 0 Å². The van der Waals surface area contributed by atoms with Gasteiger partial charge in [0.1, 0.15) is 17.2 Å². The monoisotopic (exact) mass is 273 g/mol. The van der Waals surface area contributed by atoms with Crippen LogP contribution in [0.15, 0.2) is 36.4 Å². The lowest BCUT2D eigenvalue weighted by molar-refractivity contribution is 0.393. The number of ether oxygens (including phenoxy) is 2. The van der Waals surface area contributed by atoms with Crippen LogP contribution in [0.4, 0.5) is 5.69 Å². The Morgan fingerprint density at radius 1 is 1.00 bits per heavy atom. The molecule has 106 valence electrons. The Morgan fingerprint density at radius 2 is 1.65 bits per heavy atom. The third-order valence-corrected chi connectivity index (χ3v) is 3.12. The van der Waals surface area contributed by atoms with E-state index in [9.17, 15) is 5.11 Å². The third-order valence-electron chi connectivity index (χ3n) is 3.12. The molecule has 0 atom stereocenters. The van der Waals surface area contributed by atoms with Crippen LogP contribution >= 0.6 is 0 Å². The minimum absolute atomic E-state index is 0.290. The minimum Gasteiger partial charge on any atom is -0.508 e. The molecule has 0 spiro atoms. The van der Waals surface area contributed by atoms with E-state index in [-0.39, 0.29) is 0 Å². The molecule has 20 heavy (non-hydrogen) atoms. The molecule has 0 unspecified atom stereocenters. The molecule has 2 rings (SSSR count). The third kappa shape index (κ3) is 3.35. The van der Waals surface area contributed by atoms with Crippen molar-refractivity contribution in [2.75, 3.05) is 19.5 Å². The summed E-state index contributed by atoms with van der Waals surface area (Å²) >= 11 is 0. The predicted molar refractivity (Wildman–Crippen MR) is 79.7 cm³/mol. The van der Waals surface area contributed by atoms with Crippen molar-refractivity contribution in [1.29, 1.82) is 0 Å². The van der Waals surface area contributed by atoms with Crippen molar-refractivity contribution in [2.24, 2.45) is 0 Å². The summed E-state index contributed by atoms with van der Waals surface area (Å²) in [6.07, 6.45) is 0. The van der Waals surface area contributed by atoms with Crippen molar-refractivity contribution in [3.63, 3.8) is 0 Å². The van der Waals surface area contributed by atoms with E-state index >= 15 is 0 Å². The zero-order valence-electron chi connectivity index (χ0n) is 11.9. The van der Waals surface area contributed by atoms with Crippen LogP contribution in [0.25, 0.3) is 0 Å². The Labute approximate surface area is 119 Å². The molecule has 0 aromatic heterocycles. The van der Waals surface area contributed by atoms with Gasteiger partial charge in [0.15, 0.2) is 0 Å². The van der Waals surface area contributed by atoms with Gasteiger partial charge in [-0.3, -0.25) is 0 Å². The molecule has 4 nitrogen and oxygen atoms in total. The second-order valence-electron chi connectivity index (χ2n) is 4.58. The number of rotatable bonds is 5. The normalized spacial score (nSPS) is 10.2. The Hall–Kier alpha value is -2.36. The second-order valence-corrected chi connectivity index (χ2v) is 4.58. The van der Waals surface area contributed by atoms with E-state index in [4.69, 9.17) is 9.47 Å². The maximum absolute atomic E-state index is 9.68. The van der Waals surface area contributed by atoms with Gasteiger partial charge in [0.25, 0.3) is 0 Å². The van der Waals surface area contributed by atoms with Crippen LogP contribution in [-0.2, 0) is 6.54 Å². The van der Waals surface area contributed by atoms with Crippen LogP contribution in [0.2, 0.25) is 0 Å². The van der Waals surface area contributed by atoms with Crippen molar-refractivity contribution in [1.82, 2.24) is 0 Å². The summed E-state index contributed by atoms with van der Waals surface area (Å²) < 4.78 is 10.5. The first kappa shape index (κ1) is 14.1. The van der Waals surface area contributed by atoms with E-state index in [1.165, 1.54) is 0 Å². The van der Waals surface area contributed by atoms with Gasteiger partial charge in [0.2, 0.25) is 0 Å². The van der Waals surface area contributed by atoms with Gasteiger partial charge in [-0.15, -0.1) is 0 Å². The van der Waals surface area contributed by atoms with E-state index in [0.717, 1.165) is 28.3 Å². The molecule has 4 heteroatoms. The van der Waals surface area contributed by atoms with Gasteiger partial charge in [-0.2, -0.15) is 0 Å². The average Bonchev–Trinajstić information content (AvgIpc) is 2.48. The summed E-state index contributed by atoms with van der Waals surface area (Å²) in [6.45, 7) is 2.49. The molecule has 0 aliphatic rings. The lowest BCUT2D eigenvalue weighted by Crippen LogP contribution is -2.00. The highest BCUT2D eigenvalue weighted by atomic mass is 16.5. The fraction of sp³-hybridized carbons (Fsp3) is 0.250. The topological polar surface area (TPSA) is 50.7 Å². The van der Waals surface area contributed by atoms with E-state index in [1.807, 2.05) is 37.3 Å². The summed E-state index contributed by atoms with van der Waals surface area (Å²) in [5, 5.41) is 12.9. The summed E-state index contributed by atoms with van der Waals surface area (Å²) in [6, 6.07) is 11.3. The van der Waals surface area contributed by atoms with Crippen LogP contribution in [0, 0.1) is 6.92 Å². The second kappa shape index (κ2) is 6.19. The lowest BCUT2D eigenvalue weighted by Gasteiger charge is -2.11. The number of benzene rings is 2. The zero-order valence-corrected chi connectivity index (χ0v) is 11.9. The number of hydrogen-bond donors (Lipinski definition) is 2. The first-order valence-corrected chi connectivity index (χ1v) is 6.38. The minimum atomic E-state index is 0.290. The van der Waals surface area contributed by atoms with Gasteiger partial charge < -0.3 is 19.9 Å². The quantitative estimate of drug-likeness (QED) is 0.877. The maximum atomic E-state index is 9.68. The Bertz CT molecular complexity index is 574. The summed E-state index contributed by atoms with van der Waals surface area (Å²) in [5.41, 5.74) is 2.77. The molecule has 2 aromatic rings. The largest absolute Gasteiger partial charge is 0.508 e. The fourth-order valence-corrected chi connectivity index (χ4v) is 1.89. The number of phenols is 1.